The van der Waals surface area contributed by atoms with Gasteiger partial charge in [0.1, 0.15) is 11.8 Å². The Balaban J connectivity index is 1.89. The van der Waals surface area contributed by atoms with E-state index in [1.165, 1.54) is 11.4 Å². The van der Waals surface area contributed by atoms with Gasteiger partial charge in [0.15, 0.2) is 0 Å². The molecule has 1 atom stereocenters. The van der Waals surface area contributed by atoms with Gasteiger partial charge < -0.3 is 9.64 Å². The van der Waals surface area contributed by atoms with E-state index in [9.17, 15) is 13.2 Å². The van der Waals surface area contributed by atoms with Gasteiger partial charge in [0.2, 0.25) is 15.9 Å². The second-order valence-electron chi connectivity index (χ2n) is 6.79. The van der Waals surface area contributed by atoms with Gasteiger partial charge in [0.25, 0.3) is 0 Å². The lowest BCUT2D eigenvalue weighted by Crippen LogP contribution is -2.49. The molecule has 1 amide bonds. The van der Waals surface area contributed by atoms with E-state index in [0.29, 0.717) is 30.7 Å². The van der Waals surface area contributed by atoms with E-state index >= 15 is 0 Å². The smallest absolute Gasteiger partial charge is 0.244 e. The number of piperidine rings is 1. The maximum Gasteiger partial charge on any atom is 0.244 e. The summed E-state index contributed by atoms with van der Waals surface area (Å²) in [7, 11) is -2.22. The largest absolute Gasteiger partial charge is 0.497 e. The number of amides is 1. The molecule has 25 heavy (non-hydrogen) atoms. The third kappa shape index (κ3) is 3.53. The summed E-state index contributed by atoms with van der Waals surface area (Å²) in [6, 6.07) is 4.46. The van der Waals surface area contributed by atoms with E-state index in [1.54, 1.807) is 25.1 Å². The van der Waals surface area contributed by atoms with E-state index < -0.39 is 16.1 Å². The Morgan fingerprint density at radius 3 is 2.52 bits per heavy atom. The molecule has 0 saturated carbocycles. The predicted molar refractivity (Wildman–Crippen MR) is 95.1 cm³/mol. The van der Waals surface area contributed by atoms with Crippen molar-refractivity contribution in [2.75, 3.05) is 26.7 Å². The van der Waals surface area contributed by atoms with Crippen LogP contribution >= 0.6 is 0 Å². The highest BCUT2D eigenvalue weighted by Crippen LogP contribution is 2.31. The van der Waals surface area contributed by atoms with Gasteiger partial charge in [0.05, 0.1) is 12.0 Å². The van der Waals surface area contributed by atoms with Crippen LogP contribution in [0.1, 0.15) is 37.7 Å². The van der Waals surface area contributed by atoms with Gasteiger partial charge in [-0.3, -0.25) is 4.79 Å². The third-order valence-corrected chi connectivity index (χ3v) is 7.19. The molecule has 0 spiro atoms. The lowest BCUT2D eigenvalue weighted by atomic mass is 10.1. The highest BCUT2D eigenvalue weighted by molar-refractivity contribution is 7.89. The second kappa shape index (κ2) is 7.33. The lowest BCUT2D eigenvalue weighted by molar-refractivity contribution is -0.135. The zero-order chi connectivity index (χ0) is 18.0. The average molecular weight is 366 g/mol. The zero-order valence-electron chi connectivity index (χ0n) is 14.9. The van der Waals surface area contributed by atoms with E-state index in [1.807, 2.05) is 4.90 Å². The summed E-state index contributed by atoms with van der Waals surface area (Å²) in [4.78, 5) is 15.0. The minimum Gasteiger partial charge on any atom is -0.497 e. The summed E-state index contributed by atoms with van der Waals surface area (Å²) in [5.41, 5.74) is 0.664. The zero-order valence-corrected chi connectivity index (χ0v) is 15.7. The van der Waals surface area contributed by atoms with Gasteiger partial charge in [-0.15, -0.1) is 0 Å². The maximum atomic E-state index is 13.2. The molecule has 2 heterocycles. The van der Waals surface area contributed by atoms with Gasteiger partial charge in [-0.2, -0.15) is 4.31 Å². The standard InChI is InChI=1S/C18H26N2O4S/c1-14-8-9-15(24-2)13-17(14)25(22,23)20-12-6-7-16(20)18(21)19-10-4-3-5-11-19/h8-9,13,16H,3-7,10-12H2,1-2H3. The highest BCUT2D eigenvalue weighted by atomic mass is 32.2. The van der Waals surface area contributed by atoms with Crippen LogP contribution in [-0.2, 0) is 14.8 Å². The Kier molecular flexibility index (Phi) is 5.34. The lowest BCUT2D eigenvalue weighted by Gasteiger charge is -2.32. The number of ether oxygens (including phenoxy) is 1. The van der Waals surface area contributed by atoms with Crippen LogP contribution < -0.4 is 4.74 Å². The SMILES string of the molecule is COc1ccc(C)c(S(=O)(=O)N2CCCC2C(=O)N2CCCCC2)c1. The van der Waals surface area contributed by atoms with Gasteiger partial charge in [-0.25, -0.2) is 8.42 Å². The molecule has 0 radical (unpaired) electrons. The number of methoxy groups -OCH3 is 1. The monoisotopic (exact) mass is 366 g/mol. The van der Waals surface area contributed by atoms with E-state index in [4.69, 9.17) is 4.74 Å². The number of benzene rings is 1. The molecule has 138 valence electrons. The second-order valence-corrected chi connectivity index (χ2v) is 8.65. The van der Waals surface area contributed by atoms with Crippen LogP contribution in [-0.4, -0.2) is 56.3 Å². The van der Waals surface area contributed by atoms with Crippen LogP contribution in [0.5, 0.6) is 5.75 Å². The molecule has 2 aliphatic heterocycles. The molecule has 3 rings (SSSR count). The Hall–Kier alpha value is -1.60. The molecular formula is C18H26N2O4S. The number of carbonyl (C=O) groups is 1. The minimum absolute atomic E-state index is 0.0404. The molecule has 2 aliphatic rings. The molecule has 0 N–H and O–H groups in total. The Labute approximate surface area is 149 Å². The molecular weight excluding hydrogens is 340 g/mol. The molecule has 7 heteroatoms. The first kappa shape index (κ1) is 18.2. The molecule has 1 aromatic rings. The summed E-state index contributed by atoms with van der Waals surface area (Å²) in [5, 5.41) is 0. The third-order valence-electron chi connectivity index (χ3n) is 5.14. The molecule has 0 aliphatic carbocycles. The Bertz CT molecular complexity index is 741. The van der Waals surface area contributed by atoms with Crippen molar-refractivity contribution < 1.29 is 17.9 Å². The summed E-state index contributed by atoms with van der Waals surface area (Å²) in [6.45, 7) is 3.63. The van der Waals surface area contributed by atoms with Crippen LogP contribution in [0.4, 0.5) is 0 Å². The fraction of sp³-hybridized carbons (Fsp3) is 0.611. The number of sulfonamides is 1. The summed E-state index contributed by atoms with van der Waals surface area (Å²) >= 11 is 0. The van der Waals surface area contributed by atoms with Gasteiger partial charge in [-0.05, 0) is 50.7 Å². The summed E-state index contributed by atoms with van der Waals surface area (Å²) < 4.78 is 33.0. The van der Waals surface area contributed by atoms with Crippen LogP contribution in [0.2, 0.25) is 0 Å². The Morgan fingerprint density at radius 2 is 1.84 bits per heavy atom. The number of carbonyl (C=O) groups excluding carboxylic acids is 1. The fourth-order valence-corrected chi connectivity index (χ4v) is 5.60. The minimum atomic E-state index is -3.73. The van der Waals surface area contributed by atoms with Crippen molar-refractivity contribution in [3.63, 3.8) is 0 Å². The number of nitrogens with zero attached hydrogens (tertiary/aromatic N) is 2. The normalized spacial score (nSPS) is 22.2. The van der Waals surface area contributed by atoms with Crippen molar-refractivity contribution in [1.29, 1.82) is 0 Å². The van der Waals surface area contributed by atoms with Crippen LogP contribution in [0.15, 0.2) is 23.1 Å². The highest BCUT2D eigenvalue weighted by Gasteiger charge is 2.41. The fourth-order valence-electron chi connectivity index (χ4n) is 3.71. The van der Waals surface area contributed by atoms with E-state index in [0.717, 1.165) is 32.4 Å². The first-order valence-corrected chi connectivity index (χ1v) is 10.3. The number of likely N-dealkylation sites (tertiary alicyclic amines) is 1. The summed E-state index contributed by atoms with van der Waals surface area (Å²) in [6.07, 6.45) is 4.45. The van der Waals surface area contributed by atoms with Crippen molar-refractivity contribution >= 4 is 15.9 Å². The van der Waals surface area contributed by atoms with Crippen molar-refractivity contribution in [2.45, 2.75) is 50.0 Å². The number of rotatable bonds is 4. The maximum absolute atomic E-state index is 13.2. The first-order chi connectivity index (χ1) is 11.9. The van der Waals surface area contributed by atoms with Gasteiger partial charge in [-0.1, -0.05) is 6.07 Å². The van der Waals surface area contributed by atoms with Gasteiger partial charge >= 0.3 is 0 Å². The van der Waals surface area contributed by atoms with Gasteiger partial charge in [0, 0.05) is 25.7 Å². The van der Waals surface area contributed by atoms with Crippen molar-refractivity contribution in [3.8, 4) is 5.75 Å². The van der Waals surface area contributed by atoms with Crippen molar-refractivity contribution in [1.82, 2.24) is 9.21 Å². The molecule has 1 aromatic carbocycles. The average Bonchev–Trinajstić information content (AvgIpc) is 3.12. The molecule has 2 saturated heterocycles. The summed E-state index contributed by atoms with van der Waals surface area (Å²) in [5.74, 6) is 0.462. The topological polar surface area (TPSA) is 66.9 Å². The van der Waals surface area contributed by atoms with Crippen LogP contribution in [0.3, 0.4) is 0 Å². The molecule has 6 nitrogen and oxygen atoms in total. The van der Waals surface area contributed by atoms with Crippen molar-refractivity contribution in [2.24, 2.45) is 0 Å². The number of hydrogen-bond acceptors (Lipinski definition) is 4. The van der Waals surface area contributed by atoms with Crippen molar-refractivity contribution in [3.05, 3.63) is 23.8 Å². The molecule has 0 bridgehead atoms. The van der Waals surface area contributed by atoms with Crippen LogP contribution in [0, 0.1) is 6.92 Å². The quantitative estimate of drug-likeness (QED) is 0.819. The predicted octanol–water partition coefficient (Wildman–Crippen LogP) is 2.17. The molecule has 1 unspecified atom stereocenters. The van der Waals surface area contributed by atoms with E-state index in [-0.39, 0.29) is 10.8 Å². The number of hydrogen-bond donors (Lipinski definition) is 0. The first-order valence-electron chi connectivity index (χ1n) is 8.90. The molecule has 0 aromatic heterocycles. The Morgan fingerprint density at radius 1 is 1.12 bits per heavy atom. The molecule has 2 fully saturated rings. The van der Waals surface area contributed by atoms with E-state index in [2.05, 4.69) is 0 Å². The number of aryl methyl sites for hydroxylation is 1. The van der Waals surface area contributed by atoms with Crippen LogP contribution in [0.25, 0.3) is 0 Å².